The lowest BCUT2D eigenvalue weighted by molar-refractivity contribution is -0.870. The lowest BCUT2D eigenvalue weighted by Gasteiger charge is -2.26. The second-order valence-electron chi connectivity index (χ2n) is 25.5. The van der Waals surface area contributed by atoms with Gasteiger partial charge in [-0.3, -0.25) is 9.59 Å². The number of hydrogen-bond donors (Lipinski definition) is 0. The van der Waals surface area contributed by atoms with E-state index in [1.165, 1.54) is 205 Å². The molecule has 0 saturated carbocycles. The molecule has 0 N–H and O–H groups in total. The maximum atomic E-state index is 12.9. The molecule has 0 aromatic heterocycles. The van der Waals surface area contributed by atoms with E-state index in [2.05, 4.69) is 111 Å². The first-order chi connectivity index (χ1) is 42.6. The number of esters is 2. The van der Waals surface area contributed by atoms with Gasteiger partial charge in [0.25, 0.3) is 0 Å². The van der Waals surface area contributed by atoms with E-state index in [0.29, 0.717) is 23.9 Å². The fourth-order valence-corrected chi connectivity index (χ4v) is 10.3. The van der Waals surface area contributed by atoms with Crippen LogP contribution in [0.4, 0.5) is 0 Å². The fraction of sp³-hybridized carbons (Fsp3) is 0.756. The number of carboxylic acid groups (broad SMARTS) is 1. The summed E-state index contributed by atoms with van der Waals surface area (Å²) in [7, 11) is 5.94. The molecule has 0 heterocycles. The lowest BCUT2D eigenvalue weighted by Crippen LogP contribution is -2.44. The molecule has 2 unspecified atom stereocenters. The number of hydrogen-bond acceptors (Lipinski definition) is 8. The molecule has 9 nitrogen and oxygen atoms in total. The van der Waals surface area contributed by atoms with Crippen LogP contribution in [-0.4, -0.2) is 82.3 Å². The molecule has 0 saturated heterocycles. The van der Waals surface area contributed by atoms with E-state index < -0.39 is 24.3 Å². The van der Waals surface area contributed by atoms with E-state index in [0.717, 1.165) is 83.5 Å². The molecule has 0 aliphatic heterocycles. The van der Waals surface area contributed by atoms with Crippen LogP contribution in [-0.2, 0) is 33.3 Å². The van der Waals surface area contributed by atoms with Crippen molar-refractivity contribution in [3.05, 3.63) is 97.2 Å². The van der Waals surface area contributed by atoms with E-state index in [1.807, 2.05) is 21.1 Å². The Labute approximate surface area is 537 Å². The third-order valence-corrected chi connectivity index (χ3v) is 15.8. The van der Waals surface area contributed by atoms with Crippen molar-refractivity contribution in [2.24, 2.45) is 0 Å². The van der Waals surface area contributed by atoms with Gasteiger partial charge >= 0.3 is 11.9 Å². The molecule has 502 valence electrons. The molecule has 0 spiro atoms. The molecule has 0 aliphatic carbocycles. The van der Waals surface area contributed by atoms with Crippen LogP contribution in [0.3, 0.4) is 0 Å². The van der Waals surface area contributed by atoms with E-state index in [4.69, 9.17) is 18.9 Å². The number of unbranched alkanes of at least 4 members (excludes halogenated alkanes) is 36. The maximum Gasteiger partial charge on any atom is 0.306 e. The number of quaternary nitrogens is 1. The summed E-state index contributed by atoms with van der Waals surface area (Å²) in [5, 5.41) is 11.8. The molecule has 87 heavy (non-hydrogen) atoms. The Morgan fingerprint density at radius 1 is 0.356 bits per heavy atom. The summed E-state index contributed by atoms with van der Waals surface area (Å²) >= 11 is 0. The van der Waals surface area contributed by atoms with Gasteiger partial charge in [0.05, 0.1) is 40.3 Å². The number of allylic oxidation sites excluding steroid dienone is 16. The van der Waals surface area contributed by atoms with Gasteiger partial charge in [0.1, 0.15) is 13.2 Å². The van der Waals surface area contributed by atoms with Crippen LogP contribution in [0.1, 0.15) is 322 Å². The second-order valence-corrected chi connectivity index (χ2v) is 25.5. The first-order valence-corrected chi connectivity index (χ1v) is 36.4. The summed E-state index contributed by atoms with van der Waals surface area (Å²) in [4.78, 5) is 37.5. The summed E-state index contributed by atoms with van der Waals surface area (Å²) in [6.07, 6.45) is 90.6. The Morgan fingerprint density at radius 2 is 0.655 bits per heavy atom. The normalized spacial score (nSPS) is 13.3. The maximum absolute atomic E-state index is 12.9. The molecule has 0 radical (unpaired) electrons. The van der Waals surface area contributed by atoms with Crippen molar-refractivity contribution in [1.82, 2.24) is 0 Å². The molecule has 9 heteroatoms. The Morgan fingerprint density at radius 3 is 0.977 bits per heavy atom. The Hall–Kier alpha value is -3.79. The Kier molecular flexibility index (Phi) is 65.2. The zero-order chi connectivity index (χ0) is 63.3. The standard InChI is InChI=1S/C78H137NO8/c1-6-8-10-12-14-16-18-20-22-24-26-28-30-32-34-36-37-38-39-41-42-44-46-48-50-52-54-56-58-60-62-64-66-68-75(80)85-72-74(73-86-78(77(82)83)84-71-70-79(3,4)5)87-76(81)69-67-65-63-61-59-57-55-53-51-49-47-45-43-40-35-33-31-29-27-25-23-21-19-17-15-13-11-9-7-2/h9,11,15,17-18,20-21,23-24,26-27,29-30,32-33,35,74,78H,6-8,10,12-14,16,19,22,25,28,31,34,36-73H2,1-5H3/b11-9-,17-15-,20-18-,23-21-,26-24-,29-27-,32-30-,35-33-. The highest BCUT2D eigenvalue weighted by Gasteiger charge is 2.22. The topological polar surface area (TPSA) is 111 Å². The number of carbonyl (C=O) groups excluding carboxylic acids is 3. The Balaban J connectivity index is 4.08. The third-order valence-electron chi connectivity index (χ3n) is 15.8. The summed E-state index contributed by atoms with van der Waals surface area (Å²) in [6, 6.07) is 0. The number of carbonyl (C=O) groups is 3. The van der Waals surface area contributed by atoms with Crippen molar-refractivity contribution in [3.8, 4) is 0 Å². The zero-order valence-corrected chi connectivity index (χ0v) is 57.4. The fourth-order valence-electron chi connectivity index (χ4n) is 10.3. The van der Waals surface area contributed by atoms with Crippen molar-refractivity contribution in [2.75, 3.05) is 47.5 Å². The summed E-state index contributed by atoms with van der Waals surface area (Å²) in [6.45, 7) is 4.65. The smallest absolute Gasteiger partial charge is 0.306 e. The highest BCUT2D eigenvalue weighted by molar-refractivity contribution is 5.70. The minimum atomic E-state index is -1.63. The summed E-state index contributed by atoms with van der Waals surface area (Å²) in [5.41, 5.74) is 0. The average molecular weight is 1220 g/mol. The molecule has 0 rings (SSSR count). The van der Waals surface area contributed by atoms with Crippen LogP contribution in [0.15, 0.2) is 97.2 Å². The summed E-state index contributed by atoms with van der Waals surface area (Å²) < 4.78 is 22.8. The first-order valence-electron chi connectivity index (χ1n) is 36.4. The van der Waals surface area contributed by atoms with Gasteiger partial charge in [-0.05, 0) is 96.3 Å². The predicted molar refractivity (Wildman–Crippen MR) is 371 cm³/mol. The molecule has 0 aliphatic rings. The van der Waals surface area contributed by atoms with Gasteiger partial charge in [0.2, 0.25) is 0 Å². The minimum Gasteiger partial charge on any atom is -0.545 e. The van der Waals surface area contributed by atoms with Crippen molar-refractivity contribution >= 4 is 17.9 Å². The van der Waals surface area contributed by atoms with Gasteiger partial charge < -0.3 is 33.3 Å². The molecule has 2 atom stereocenters. The quantitative estimate of drug-likeness (QED) is 0.0195. The molecular weight excluding hydrogens is 1080 g/mol. The predicted octanol–water partition coefficient (Wildman–Crippen LogP) is 21.5. The van der Waals surface area contributed by atoms with E-state index in [9.17, 15) is 19.5 Å². The largest absolute Gasteiger partial charge is 0.545 e. The highest BCUT2D eigenvalue weighted by Crippen LogP contribution is 2.18. The van der Waals surface area contributed by atoms with Crippen LogP contribution < -0.4 is 5.11 Å². The molecule has 0 aromatic rings. The molecule has 0 bridgehead atoms. The van der Waals surface area contributed by atoms with Gasteiger partial charge in [0, 0.05) is 12.8 Å². The first kappa shape index (κ1) is 83.2. The second kappa shape index (κ2) is 68.1. The number of ether oxygens (including phenoxy) is 4. The number of likely N-dealkylation sites (N-methyl/N-ethyl adjacent to an activating group) is 1. The monoisotopic (exact) mass is 1220 g/mol. The van der Waals surface area contributed by atoms with Crippen LogP contribution in [0.5, 0.6) is 0 Å². The molecule has 0 amide bonds. The van der Waals surface area contributed by atoms with Crippen LogP contribution in [0, 0.1) is 0 Å². The van der Waals surface area contributed by atoms with Gasteiger partial charge in [-0.2, -0.15) is 0 Å². The van der Waals surface area contributed by atoms with Gasteiger partial charge in [-0.1, -0.05) is 310 Å². The number of nitrogens with zero attached hydrogens (tertiary/aromatic N) is 1. The van der Waals surface area contributed by atoms with Gasteiger partial charge in [-0.15, -0.1) is 0 Å². The number of aliphatic carboxylic acids is 1. The van der Waals surface area contributed by atoms with E-state index >= 15 is 0 Å². The third kappa shape index (κ3) is 69.5. The van der Waals surface area contributed by atoms with Gasteiger partial charge in [0.15, 0.2) is 12.4 Å². The van der Waals surface area contributed by atoms with Crippen LogP contribution in [0.25, 0.3) is 0 Å². The zero-order valence-electron chi connectivity index (χ0n) is 57.4. The highest BCUT2D eigenvalue weighted by atomic mass is 16.7. The van der Waals surface area contributed by atoms with Crippen molar-refractivity contribution in [3.63, 3.8) is 0 Å². The molecule has 0 fully saturated rings. The van der Waals surface area contributed by atoms with Crippen LogP contribution >= 0.6 is 0 Å². The average Bonchev–Trinajstić information content (AvgIpc) is 3.57. The van der Waals surface area contributed by atoms with Gasteiger partial charge in [-0.25, -0.2) is 0 Å². The van der Waals surface area contributed by atoms with E-state index in [-0.39, 0.29) is 32.2 Å². The van der Waals surface area contributed by atoms with Crippen molar-refractivity contribution in [2.45, 2.75) is 334 Å². The minimum absolute atomic E-state index is 0.145. The SMILES string of the molecule is CC/C=C\C/C=C\C/C=C\C/C=C\C/C=C\CCCCCCCCCCCCCCCC(=O)OC(COC(=O)CCCCCCCCCCCCCCCCCCCC/C=C\C/C=C\C/C=C\CCCCCCC)COC(OCC[N+](C)(C)C)C(=O)[O-]. The number of rotatable bonds is 67. The summed E-state index contributed by atoms with van der Waals surface area (Å²) in [5.74, 6) is -2.27. The number of carboxylic acids is 1. The van der Waals surface area contributed by atoms with Crippen LogP contribution in [0.2, 0.25) is 0 Å². The van der Waals surface area contributed by atoms with E-state index in [1.54, 1.807) is 0 Å². The molecule has 0 aromatic carbocycles. The van der Waals surface area contributed by atoms with Crippen molar-refractivity contribution in [1.29, 1.82) is 0 Å². The lowest BCUT2D eigenvalue weighted by atomic mass is 10.0. The Bertz CT molecular complexity index is 1750. The van der Waals surface area contributed by atoms with Crippen molar-refractivity contribution < 1.29 is 42.9 Å². The molecular formula is C78H137NO8.